The maximum absolute atomic E-state index is 13.1. The number of hydrogen-bond donors (Lipinski definition) is 2. The highest BCUT2D eigenvalue weighted by molar-refractivity contribution is 7.86. The molecule has 2 aromatic rings. The lowest BCUT2D eigenvalue weighted by Crippen LogP contribution is -2.51. The quantitative estimate of drug-likeness (QED) is 0.651. The summed E-state index contributed by atoms with van der Waals surface area (Å²) in [4.78, 5) is 17.7. The smallest absolute Gasteiger partial charge is 0.276 e. The van der Waals surface area contributed by atoms with Crippen molar-refractivity contribution in [3.05, 3.63) is 29.7 Å². The molecule has 1 aliphatic carbocycles. The van der Waals surface area contributed by atoms with Crippen LogP contribution in [-0.2, 0) is 10.2 Å². The number of rotatable bonds is 6. The van der Waals surface area contributed by atoms with Crippen molar-refractivity contribution in [2.24, 2.45) is 11.1 Å². The molecule has 0 radical (unpaired) electrons. The number of amides is 1. The lowest BCUT2D eigenvalue weighted by Gasteiger charge is -2.30. The molecule has 2 fully saturated rings. The first kappa shape index (κ1) is 24.8. The Kier molecular flexibility index (Phi) is 8.02. The zero-order chi connectivity index (χ0) is 22.0. The van der Waals surface area contributed by atoms with Crippen molar-refractivity contribution >= 4 is 34.2 Å². The molecule has 3 N–H and O–H groups in total. The average Bonchev–Trinajstić information content (AvgIpc) is 3.09. The molecule has 0 aromatic carbocycles. The van der Waals surface area contributed by atoms with Crippen LogP contribution in [0.5, 0.6) is 5.75 Å². The number of imidazole rings is 1. The van der Waals surface area contributed by atoms with E-state index >= 15 is 0 Å². The topological polar surface area (TPSA) is 119 Å². The standard InChI is InChI=1S/C21H31N5O4S.ClH/c1-15-19(21(27)24-17-9-5-11-25(13-17)31(22,28)29)26-12-6-10-18(20(26)23-15)30-14-16-7-3-2-4-8-16;/h6,10,12,16-17H,2-5,7-9,11,13-14H2,1H3,(H,24,27)(H2,22,28,29);1H/t17-;/m0./s1. The Hall–Kier alpha value is -1.88. The second kappa shape index (κ2) is 10.4. The Morgan fingerprint density at radius 1 is 1.25 bits per heavy atom. The van der Waals surface area contributed by atoms with Crippen molar-refractivity contribution in [3.8, 4) is 5.75 Å². The minimum atomic E-state index is -3.76. The average molecular weight is 486 g/mol. The molecule has 0 bridgehead atoms. The van der Waals surface area contributed by atoms with Gasteiger partial charge in [0.2, 0.25) is 0 Å². The number of pyridine rings is 1. The number of nitrogens with one attached hydrogen (secondary N) is 1. The Balaban J connectivity index is 0.00000289. The van der Waals surface area contributed by atoms with Crippen molar-refractivity contribution in [2.75, 3.05) is 19.7 Å². The molecule has 2 aromatic heterocycles. The Bertz CT molecular complexity index is 1050. The maximum Gasteiger partial charge on any atom is 0.276 e. The molecule has 9 nitrogen and oxygen atoms in total. The van der Waals surface area contributed by atoms with E-state index in [1.165, 1.54) is 36.4 Å². The molecule has 1 saturated heterocycles. The number of fused-ring (bicyclic) bond motifs is 1. The predicted molar refractivity (Wildman–Crippen MR) is 124 cm³/mol. The van der Waals surface area contributed by atoms with Gasteiger partial charge in [0, 0.05) is 25.3 Å². The van der Waals surface area contributed by atoms with Gasteiger partial charge >= 0.3 is 0 Å². The molecule has 1 aliphatic heterocycles. The summed E-state index contributed by atoms with van der Waals surface area (Å²) in [5, 5.41) is 8.21. The molecule has 2 aliphatic rings. The van der Waals surface area contributed by atoms with Gasteiger partial charge in [0.25, 0.3) is 16.1 Å². The number of aromatic nitrogens is 2. The third-order valence-electron chi connectivity index (χ3n) is 6.28. The molecule has 1 amide bonds. The lowest BCUT2D eigenvalue weighted by atomic mass is 9.90. The Morgan fingerprint density at radius 2 is 2.00 bits per heavy atom. The van der Waals surface area contributed by atoms with Crippen molar-refractivity contribution in [2.45, 2.75) is 57.9 Å². The van der Waals surface area contributed by atoms with Crippen molar-refractivity contribution < 1.29 is 17.9 Å². The van der Waals surface area contributed by atoms with Gasteiger partial charge in [-0.1, -0.05) is 19.3 Å². The summed E-state index contributed by atoms with van der Waals surface area (Å²) in [7, 11) is -3.76. The Morgan fingerprint density at radius 3 is 2.72 bits per heavy atom. The van der Waals surface area contributed by atoms with Gasteiger partial charge in [0.05, 0.1) is 12.3 Å². The van der Waals surface area contributed by atoms with Gasteiger partial charge in [-0.05, 0) is 50.7 Å². The van der Waals surface area contributed by atoms with Gasteiger partial charge in [-0.3, -0.25) is 9.20 Å². The molecule has 1 saturated carbocycles. The van der Waals surface area contributed by atoms with Crippen LogP contribution in [0.25, 0.3) is 5.65 Å². The minimum absolute atomic E-state index is 0. The van der Waals surface area contributed by atoms with Gasteiger partial charge in [-0.2, -0.15) is 12.7 Å². The van der Waals surface area contributed by atoms with Crippen molar-refractivity contribution in [3.63, 3.8) is 0 Å². The van der Waals surface area contributed by atoms with Crippen LogP contribution in [0, 0.1) is 12.8 Å². The normalized spacial score (nSPS) is 20.6. The van der Waals surface area contributed by atoms with Gasteiger partial charge in [-0.25, -0.2) is 10.1 Å². The highest BCUT2D eigenvalue weighted by Gasteiger charge is 2.29. The van der Waals surface area contributed by atoms with Crippen LogP contribution >= 0.6 is 12.4 Å². The number of nitrogens with zero attached hydrogens (tertiary/aromatic N) is 3. The second-order valence-electron chi connectivity index (χ2n) is 8.64. The van der Waals surface area contributed by atoms with E-state index in [9.17, 15) is 13.2 Å². The first-order valence-corrected chi connectivity index (χ1v) is 12.5. The molecular weight excluding hydrogens is 454 g/mol. The van der Waals surface area contributed by atoms with E-state index in [1.54, 1.807) is 17.5 Å². The number of ether oxygens (including phenoxy) is 1. The second-order valence-corrected chi connectivity index (χ2v) is 10.2. The Labute approximate surface area is 195 Å². The predicted octanol–water partition coefficient (Wildman–Crippen LogP) is 2.42. The van der Waals surface area contributed by atoms with Gasteiger partial charge < -0.3 is 10.1 Å². The van der Waals surface area contributed by atoms with E-state index < -0.39 is 10.2 Å². The summed E-state index contributed by atoms with van der Waals surface area (Å²) in [6.07, 6.45) is 9.36. The minimum Gasteiger partial charge on any atom is -0.489 e. The van der Waals surface area contributed by atoms with Gasteiger partial charge in [0.15, 0.2) is 11.4 Å². The number of piperidine rings is 1. The van der Waals surface area contributed by atoms with Crippen LogP contribution < -0.4 is 15.2 Å². The summed E-state index contributed by atoms with van der Waals surface area (Å²) in [5.74, 6) is 0.963. The summed E-state index contributed by atoms with van der Waals surface area (Å²) in [5.41, 5.74) is 1.66. The number of hydrogen-bond acceptors (Lipinski definition) is 5. The first-order chi connectivity index (χ1) is 14.8. The van der Waals surface area contributed by atoms with Crippen molar-refractivity contribution in [1.29, 1.82) is 0 Å². The molecule has 4 rings (SSSR count). The molecule has 0 spiro atoms. The van der Waals surface area contributed by atoms with Gasteiger partial charge in [-0.15, -0.1) is 12.4 Å². The molecular formula is C21H32ClN5O4S. The maximum atomic E-state index is 13.1. The monoisotopic (exact) mass is 485 g/mol. The number of carbonyl (C=O) groups is 1. The first-order valence-electron chi connectivity index (χ1n) is 11.0. The fourth-order valence-electron chi connectivity index (χ4n) is 4.65. The summed E-state index contributed by atoms with van der Waals surface area (Å²) < 4.78 is 32.4. The van der Waals surface area contributed by atoms with E-state index in [-0.39, 0.29) is 30.9 Å². The number of nitrogens with two attached hydrogens (primary N) is 1. The zero-order valence-corrected chi connectivity index (χ0v) is 20.0. The number of aryl methyl sites for hydroxylation is 1. The molecule has 0 unspecified atom stereocenters. The molecule has 3 heterocycles. The van der Waals surface area contributed by atoms with Crippen LogP contribution in [-0.4, -0.2) is 53.8 Å². The van der Waals surface area contributed by atoms with Crippen LogP contribution in [0.4, 0.5) is 0 Å². The van der Waals surface area contributed by atoms with E-state index in [1.807, 2.05) is 12.1 Å². The number of carbonyl (C=O) groups excluding carboxylic acids is 1. The molecule has 1 atom stereocenters. The fraction of sp³-hybridized carbons (Fsp3) is 0.619. The van der Waals surface area contributed by atoms with Crippen LogP contribution in [0.15, 0.2) is 18.3 Å². The number of halogens is 1. The van der Waals surface area contributed by atoms with Crippen LogP contribution in [0.2, 0.25) is 0 Å². The fourth-order valence-corrected chi connectivity index (χ4v) is 5.42. The molecule has 11 heteroatoms. The third kappa shape index (κ3) is 5.54. The SMILES string of the molecule is Cc1nc2c(OCC3CCCCC3)cccn2c1C(=O)N[C@H]1CCCN(S(N)(=O)=O)C1.Cl. The summed E-state index contributed by atoms with van der Waals surface area (Å²) in [6.45, 7) is 3.01. The van der Waals surface area contributed by atoms with Crippen LogP contribution in [0.3, 0.4) is 0 Å². The highest BCUT2D eigenvalue weighted by atomic mass is 35.5. The zero-order valence-electron chi connectivity index (χ0n) is 18.3. The van der Waals surface area contributed by atoms with Crippen LogP contribution in [0.1, 0.15) is 61.1 Å². The third-order valence-corrected chi connectivity index (χ3v) is 7.33. The van der Waals surface area contributed by atoms with E-state index in [4.69, 9.17) is 9.88 Å². The summed E-state index contributed by atoms with van der Waals surface area (Å²) in [6, 6.07) is 3.44. The van der Waals surface area contributed by atoms with Gasteiger partial charge in [0.1, 0.15) is 5.69 Å². The lowest BCUT2D eigenvalue weighted by molar-refractivity contribution is 0.0914. The van der Waals surface area contributed by atoms with E-state index in [0.29, 0.717) is 54.7 Å². The molecule has 178 valence electrons. The highest BCUT2D eigenvalue weighted by Crippen LogP contribution is 2.27. The van der Waals surface area contributed by atoms with E-state index in [0.717, 1.165) is 0 Å². The van der Waals surface area contributed by atoms with E-state index in [2.05, 4.69) is 10.3 Å². The van der Waals surface area contributed by atoms with Crippen molar-refractivity contribution in [1.82, 2.24) is 19.0 Å². The molecule has 32 heavy (non-hydrogen) atoms. The largest absolute Gasteiger partial charge is 0.489 e. The summed E-state index contributed by atoms with van der Waals surface area (Å²) >= 11 is 0.